The zero-order valence-electron chi connectivity index (χ0n) is 9.05. The van der Waals surface area contributed by atoms with E-state index in [0.717, 1.165) is 19.4 Å². The van der Waals surface area contributed by atoms with E-state index in [0.29, 0.717) is 19.5 Å². The normalized spacial score (nSPS) is 10.4. The third kappa shape index (κ3) is 16.6. The molecule has 0 aromatic heterocycles. The van der Waals surface area contributed by atoms with E-state index in [2.05, 4.69) is 5.32 Å². The maximum atomic E-state index is 10.3. The van der Waals surface area contributed by atoms with Crippen molar-refractivity contribution in [2.75, 3.05) is 19.6 Å². The van der Waals surface area contributed by atoms with Gasteiger partial charge < -0.3 is 21.9 Å². The monoisotopic (exact) mass is 297 g/mol. The largest absolute Gasteiger partial charge is 0.480 e. The molecule has 0 unspecified atom stereocenters. The molecule has 0 rings (SSSR count). The van der Waals surface area contributed by atoms with E-state index in [-0.39, 0.29) is 37.2 Å². The second-order valence-corrected chi connectivity index (χ2v) is 2.98. The van der Waals surface area contributed by atoms with Gasteiger partial charge in [-0.25, -0.2) is 0 Å². The zero-order chi connectivity index (χ0) is 10.1. The molecular formula is C8H22Cl3N3O2. The van der Waals surface area contributed by atoms with Gasteiger partial charge in [-0.05, 0) is 38.9 Å². The fourth-order valence-electron chi connectivity index (χ4n) is 0.900. The van der Waals surface area contributed by atoms with Gasteiger partial charge in [0.05, 0.1) is 0 Å². The van der Waals surface area contributed by atoms with Crippen LogP contribution in [0.5, 0.6) is 0 Å². The Morgan fingerprint density at radius 2 is 1.75 bits per heavy atom. The van der Waals surface area contributed by atoms with Crippen LogP contribution in [0.1, 0.15) is 19.3 Å². The fourth-order valence-corrected chi connectivity index (χ4v) is 0.900. The van der Waals surface area contributed by atoms with Crippen LogP contribution in [0, 0.1) is 0 Å². The van der Waals surface area contributed by atoms with E-state index < -0.39 is 12.0 Å². The van der Waals surface area contributed by atoms with Crippen molar-refractivity contribution >= 4 is 43.2 Å². The van der Waals surface area contributed by atoms with Gasteiger partial charge in [0, 0.05) is 0 Å². The molecule has 0 saturated carbocycles. The van der Waals surface area contributed by atoms with Crippen molar-refractivity contribution in [1.82, 2.24) is 5.32 Å². The van der Waals surface area contributed by atoms with Crippen LogP contribution in [-0.2, 0) is 4.79 Å². The van der Waals surface area contributed by atoms with E-state index in [9.17, 15) is 4.79 Å². The average Bonchev–Trinajstić information content (AvgIpc) is 2.10. The Hall–Kier alpha value is 0.220. The van der Waals surface area contributed by atoms with Crippen LogP contribution in [0.25, 0.3) is 0 Å². The Labute approximate surface area is 115 Å². The van der Waals surface area contributed by atoms with Crippen LogP contribution in [0.4, 0.5) is 0 Å². The molecule has 0 heterocycles. The predicted molar refractivity (Wildman–Crippen MR) is 73.1 cm³/mol. The molecular weight excluding hydrogens is 276 g/mol. The highest BCUT2D eigenvalue weighted by molar-refractivity contribution is 5.86. The predicted octanol–water partition coefficient (Wildman–Crippen LogP) is 0.382. The molecule has 1 atom stereocenters. The number of nitrogens with two attached hydrogens (primary N) is 2. The first-order valence-corrected chi connectivity index (χ1v) is 4.57. The van der Waals surface area contributed by atoms with E-state index in [4.69, 9.17) is 16.6 Å². The lowest BCUT2D eigenvalue weighted by molar-refractivity contribution is -0.138. The van der Waals surface area contributed by atoms with Crippen LogP contribution < -0.4 is 16.8 Å². The third-order valence-corrected chi connectivity index (χ3v) is 1.76. The maximum Gasteiger partial charge on any atom is 0.320 e. The number of carboxylic acids is 1. The minimum Gasteiger partial charge on any atom is -0.480 e. The van der Waals surface area contributed by atoms with E-state index in [1.807, 2.05) is 0 Å². The highest BCUT2D eigenvalue weighted by Gasteiger charge is 2.09. The van der Waals surface area contributed by atoms with Gasteiger partial charge in [0.1, 0.15) is 6.04 Å². The summed E-state index contributed by atoms with van der Waals surface area (Å²) in [4.78, 5) is 10.3. The third-order valence-electron chi connectivity index (χ3n) is 1.76. The number of unbranched alkanes of at least 4 members (excludes halogenated alkanes) is 1. The van der Waals surface area contributed by atoms with Gasteiger partial charge in [-0.2, -0.15) is 0 Å². The number of aliphatic carboxylic acids is 1. The lowest BCUT2D eigenvalue weighted by Gasteiger charge is -2.07. The molecule has 0 spiro atoms. The second-order valence-electron chi connectivity index (χ2n) is 2.98. The van der Waals surface area contributed by atoms with Crippen molar-refractivity contribution in [3.05, 3.63) is 0 Å². The van der Waals surface area contributed by atoms with Crippen molar-refractivity contribution in [1.29, 1.82) is 0 Å². The lowest BCUT2D eigenvalue weighted by Crippen LogP contribution is -2.33. The van der Waals surface area contributed by atoms with Gasteiger partial charge in [-0.15, -0.1) is 37.2 Å². The Balaban J connectivity index is -0.000000240. The first-order valence-electron chi connectivity index (χ1n) is 4.57. The van der Waals surface area contributed by atoms with Crippen molar-refractivity contribution in [3.63, 3.8) is 0 Å². The van der Waals surface area contributed by atoms with Gasteiger partial charge in [0.2, 0.25) is 0 Å². The minimum atomic E-state index is -0.941. The summed E-state index contributed by atoms with van der Waals surface area (Å²) in [6, 6.07) is -0.748. The maximum absolute atomic E-state index is 10.3. The van der Waals surface area contributed by atoms with Gasteiger partial charge in [0.15, 0.2) is 0 Å². The van der Waals surface area contributed by atoms with Gasteiger partial charge in [-0.1, -0.05) is 0 Å². The van der Waals surface area contributed by atoms with Crippen molar-refractivity contribution in [3.8, 4) is 0 Å². The van der Waals surface area contributed by atoms with Gasteiger partial charge >= 0.3 is 5.97 Å². The Kier molecular flexibility index (Phi) is 27.7. The van der Waals surface area contributed by atoms with E-state index in [1.165, 1.54) is 0 Å². The molecule has 0 fully saturated rings. The standard InChI is InChI=1S/C8H19N3O2.3ClH/c9-4-1-2-5-11-6-3-7(10)8(12)13;;;/h7,11H,1-6,9-10H2,(H,12,13);3*1H/t7-;;;/m0.../s1. The van der Waals surface area contributed by atoms with Crippen molar-refractivity contribution in [2.24, 2.45) is 11.5 Å². The summed E-state index contributed by atoms with van der Waals surface area (Å²) >= 11 is 0. The first-order chi connectivity index (χ1) is 6.18. The number of hydrogen-bond donors (Lipinski definition) is 4. The molecule has 0 aliphatic rings. The summed E-state index contributed by atoms with van der Waals surface area (Å²) in [6.07, 6.45) is 2.49. The number of carboxylic acid groups (broad SMARTS) is 1. The summed E-state index contributed by atoms with van der Waals surface area (Å²) < 4.78 is 0. The van der Waals surface area contributed by atoms with Crippen molar-refractivity contribution < 1.29 is 9.90 Å². The highest BCUT2D eigenvalue weighted by Crippen LogP contribution is 1.87. The molecule has 0 radical (unpaired) electrons. The number of halogens is 3. The SMILES string of the molecule is Cl.Cl.Cl.NCCCCNCC[C@H](N)C(=O)O. The summed E-state index contributed by atoms with van der Waals surface area (Å²) in [7, 11) is 0. The molecule has 0 aliphatic heterocycles. The molecule has 0 bridgehead atoms. The molecule has 8 heteroatoms. The Morgan fingerprint density at radius 3 is 2.19 bits per heavy atom. The van der Waals surface area contributed by atoms with Gasteiger partial charge in [0.25, 0.3) is 0 Å². The fraction of sp³-hybridized carbons (Fsp3) is 0.875. The first kappa shape index (κ1) is 25.2. The molecule has 0 aromatic rings. The topological polar surface area (TPSA) is 101 Å². The quantitative estimate of drug-likeness (QED) is 0.485. The molecule has 0 aromatic carbocycles. The van der Waals surface area contributed by atoms with E-state index >= 15 is 0 Å². The number of hydrogen-bond acceptors (Lipinski definition) is 4. The van der Waals surface area contributed by atoms with Crippen LogP contribution in [-0.4, -0.2) is 36.8 Å². The number of nitrogens with one attached hydrogen (secondary N) is 1. The Morgan fingerprint density at radius 1 is 1.19 bits per heavy atom. The van der Waals surface area contributed by atoms with Crippen LogP contribution in [0.15, 0.2) is 0 Å². The van der Waals surface area contributed by atoms with Crippen LogP contribution in [0.3, 0.4) is 0 Å². The van der Waals surface area contributed by atoms with Crippen molar-refractivity contribution in [2.45, 2.75) is 25.3 Å². The zero-order valence-corrected chi connectivity index (χ0v) is 11.5. The van der Waals surface area contributed by atoms with Crippen LogP contribution in [0.2, 0.25) is 0 Å². The minimum absolute atomic E-state index is 0. The molecule has 102 valence electrons. The highest BCUT2D eigenvalue weighted by atomic mass is 35.5. The van der Waals surface area contributed by atoms with E-state index in [1.54, 1.807) is 0 Å². The lowest BCUT2D eigenvalue weighted by atomic mass is 10.2. The smallest absolute Gasteiger partial charge is 0.320 e. The molecule has 0 amide bonds. The van der Waals surface area contributed by atoms with Crippen LogP contribution >= 0.6 is 37.2 Å². The number of rotatable bonds is 8. The molecule has 0 saturated heterocycles. The molecule has 5 nitrogen and oxygen atoms in total. The average molecular weight is 299 g/mol. The number of carbonyl (C=O) groups is 1. The molecule has 0 aliphatic carbocycles. The summed E-state index contributed by atoms with van der Waals surface area (Å²) in [5, 5.41) is 11.6. The summed E-state index contributed by atoms with van der Waals surface area (Å²) in [5.41, 5.74) is 10.6. The Bertz CT molecular complexity index is 152. The molecule has 16 heavy (non-hydrogen) atoms. The van der Waals surface area contributed by atoms with Gasteiger partial charge in [-0.3, -0.25) is 4.79 Å². The summed E-state index contributed by atoms with van der Waals surface area (Å²) in [5.74, 6) is -0.941. The summed E-state index contributed by atoms with van der Waals surface area (Å²) in [6.45, 7) is 2.23. The second kappa shape index (κ2) is 17.6. The molecule has 6 N–H and O–H groups in total.